The summed E-state index contributed by atoms with van der Waals surface area (Å²) in [5.41, 5.74) is 1.62. The molecule has 3 rings (SSSR count). The van der Waals surface area contributed by atoms with E-state index >= 15 is 0 Å². The second-order valence-corrected chi connectivity index (χ2v) is 3.72. The number of nitrogens with one attached hydrogen (secondary N) is 1. The van der Waals surface area contributed by atoms with Crippen LogP contribution in [0.5, 0.6) is 0 Å². The van der Waals surface area contributed by atoms with Crippen LogP contribution in [0.1, 0.15) is 5.69 Å². The zero-order valence-electron chi connectivity index (χ0n) is 7.90. The van der Waals surface area contributed by atoms with E-state index in [4.69, 9.17) is 16.0 Å². The number of aromatic nitrogens is 3. The first kappa shape index (κ1) is 8.94. The second-order valence-electron chi connectivity index (χ2n) is 3.35. The van der Waals surface area contributed by atoms with Gasteiger partial charge < -0.3 is 9.73 Å². The predicted octanol–water partition coefficient (Wildman–Crippen LogP) is 1.29. The van der Waals surface area contributed by atoms with Crippen molar-refractivity contribution < 1.29 is 4.42 Å². The molecule has 6 heteroatoms. The summed E-state index contributed by atoms with van der Waals surface area (Å²) in [4.78, 5) is 4.04. The fraction of sp³-hybridized carbons (Fsp3) is 0.333. The van der Waals surface area contributed by atoms with Crippen molar-refractivity contribution >= 4 is 11.6 Å². The Balaban J connectivity index is 2.13. The molecule has 1 aliphatic heterocycles. The van der Waals surface area contributed by atoms with Crippen molar-refractivity contribution in [2.45, 2.75) is 13.1 Å². The maximum atomic E-state index is 6.21. The molecule has 0 atom stereocenters. The van der Waals surface area contributed by atoms with Crippen molar-refractivity contribution in [2.24, 2.45) is 0 Å². The fourth-order valence-electron chi connectivity index (χ4n) is 1.70. The molecule has 0 aromatic carbocycles. The Bertz CT molecular complexity index is 477. The molecular formula is C9H9ClN4O. The summed E-state index contributed by atoms with van der Waals surface area (Å²) in [7, 11) is 0. The molecule has 0 unspecified atom stereocenters. The van der Waals surface area contributed by atoms with Gasteiger partial charge in [-0.1, -0.05) is 11.6 Å². The molecule has 5 nitrogen and oxygen atoms in total. The number of nitrogens with zero attached hydrogens (tertiary/aromatic N) is 3. The van der Waals surface area contributed by atoms with Gasteiger partial charge in [0.2, 0.25) is 5.89 Å². The van der Waals surface area contributed by atoms with Crippen LogP contribution >= 0.6 is 11.6 Å². The van der Waals surface area contributed by atoms with Crippen LogP contribution in [0.25, 0.3) is 11.6 Å². The van der Waals surface area contributed by atoms with Gasteiger partial charge in [-0.15, -0.1) is 0 Å². The average Bonchev–Trinajstić information content (AvgIpc) is 2.87. The van der Waals surface area contributed by atoms with Crippen LogP contribution in [0.2, 0.25) is 5.02 Å². The monoisotopic (exact) mass is 224 g/mol. The number of rotatable bonds is 1. The van der Waals surface area contributed by atoms with E-state index in [0.717, 1.165) is 25.3 Å². The standard InChI is InChI=1S/C9H9ClN4O/c10-7-6-5-11-1-3-14(6)13-8(7)9-12-2-4-15-9/h2,4,11H,1,3,5H2. The van der Waals surface area contributed by atoms with Gasteiger partial charge in [0, 0.05) is 13.1 Å². The first-order chi connectivity index (χ1) is 7.36. The third-order valence-electron chi connectivity index (χ3n) is 2.42. The highest BCUT2D eigenvalue weighted by Gasteiger charge is 2.21. The van der Waals surface area contributed by atoms with Crippen molar-refractivity contribution in [3.05, 3.63) is 23.2 Å². The third kappa shape index (κ3) is 1.35. The minimum absolute atomic E-state index is 0.474. The SMILES string of the molecule is Clc1c(-c2ncco2)nn2c1CNCC2. The quantitative estimate of drug-likeness (QED) is 0.793. The molecule has 1 N–H and O–H groups in total. The minimum Gasteiger partial charge on any atom is -0.443 e. The molecule has 0 spiro atoms. The summed E-state index contributed by atoms with van der Waals surface area (Å²) in [5.74, 6) is 0.474. The summed E-state index contributed by atoms with van der Waals surface area (Å²) in [6.45, 7) is 2.48. The Morgan fingerprint density at radius 1 is 1.53 bits per heavy atom. The summed E-state index contributed by atoms with van der Waals surface area (Å²) >= 11 is 6.21. The van der Waals surface area contributed by atoms with Crippen LogP contribution < -0.4 is 5.32 Å². The molecule has 0 radical (unpaired) electrons. The van der Waals surface area contributed by atoms with E-state index in [1.807, 2.05) is 4.68 Å². The van der Waals surface area contributed by atoms with Crippen molar-refractivity contribution in [1.29, 1.82) is 0 Å². The number of oxazole rings is 1. The predicted molar refractivity (Wildman–Crippen MR) is 54.4 cm³/mol. The second kappa shape index (κ2) is 3.36. The molecule has 3 heterocycles. The van der Waals surface area contributed by atoms with Crippen LogP contribution in [-0.2, 0) is 13.1 Å². The van der Waals surface area contributed by atoms with E-state index in [2.05, 4.69) is 15.4 Å². The van der Waals surface area contributed by atoms with Gasteiger partial charge in [0.15, 0.2) is 5.69 Å². The fourth-order valence-corrected chi connectivity index (χ4v) is 1.98. The highest BCUT2D eigenvalue weighted by atomic mass is 35.5. The van der Waals surface area contributed by atoms with E-state index < -0.39 is 0 Å². The molecule has 0 bridgehead atoms. The Labute approximate surface area is 91.1 Å². The number of fused-ring (bicyclic) bond motifs is 1. The lowest BCUT2D eigenvalue weighted by Gasteiger charge is -2.14. The molecule has 2 aromatic rings. The first-order valence-corrected chi connectivity index (χ1v) is 5.10. The van der Waals surface area contributed by atoms with Gasteiger partial charge in [-0.05, 0) is 0 Å². The summed E-state index contributed by atoms with van der Waals surface area (Å²) in [6.07, 6.45) is 3.10. The Morgan fingerprint density at radius 3 is 3.20 bits per heavy atom. The minimum atomic E-state index is 0.474. The van der Waals surface area contributed by atoms with E-state index in [1.54, 1.807) is 6.20 Å². The van der Waals surface area contributed by atoms with Gasteiger partial charge in [-0.25, -0.2) is 4.98 Å². The van der Waals surface area contributed by atoms with E-state index in [1.165, 1.54) is 6.26 Å². The molecule has 0 aliphatic carbocycles. The van der Waals surface area contributed by atoms with Gasteiger partial charge in [0.1, 0.15) is 6.26 Å². The van der Waals surface area contributed by atoms with E-state index in [-0.39, 0.29) is 0 Å². The van der Waals surface area contributed by atoms with Crippen LogP contribution in [0, 0.1) is 0 Å². The van der Waals surface area contributed by atoms with Crippen molar-refractivity contribution in [1.82, 2.24) is 20.1 Å². The lowest BCUT2D eigenvalue weighted by atomic mass is 10.3. The largest absolute Gasteiger partial charge is 0.443 e. The third-order valence-corrected chi connectivity index (χ3v) is 2.82. The van der Waals surface area contributed by atoms with Crippen molar-refractivity contribution in [3.8, 4) is 11.6 Å². The highest BCUT2D eigenvalue weighted by Crippen LogP contribution is 2.29. The molecule has 0 amide bonds. The first-order valence-electron chi connectivity index (χ1n) is 4.72. The number of halogens is 1. The Morgan fingerprint density at radius 2 is 2.47 bits per heavy atom. The molecule has 15 heavy (non-hydrogen) atoms. The molecule has 0 fully saturated rings. The van der Waals surface area contributed by atoms with Crippen LogP contribution in [0.3, 0.4) is 0 Å². The maximum absolute atomic E-state index is 6.21. The zero-order chi connectivity index (χ0) is 10.3. The maximum Gasteiger partial charge on any atom is 0.248 e. The Hall–Kier alpha value is -1.33. The molecular weight excluding hydrogens is 216 g/mol. The number of hydrogen-bond donors (Lipinski definition) is 1. The molecule has 1 aliphatic rings. The van der Waals surface area contributed by atoms with Crippen LogP contribution in [-0.4, -0.2) is 21.3 Å². The highest BCUT2D eigenvalue weighted by molar-refractivity contribution is 6.33. The average molecular weight is 225 g/mol. The van der Waals surface area contributed by atoms with Gasteiger partial charge in [-0.3, -0.25) is 4.68 Å². The molecule has 78 valence electrons. The van der Waals surface area contributed by atoms with E-state index in [0.29, 0.717) is 16.6 Å². The Kier molecular flexibility index (Phi) is 2.00. The normalized spacial score (nSPS) is 15.3. The topological polar surface area (TPSA) is 55.9 Å². The smallest absolute Gasteiger partial charge is 0.248 e. The lowest BCUT2D eigenvalue weighted by molar-refractivity contribution is 0.475. The molecule has 0 saturated heterocycles. The molecule has 2 aromatic heterocycles. The molecule has 0 saturated carbocycles. The number of hydrogen-bond acceptors (Lipinski definition) is 4. The summed E-state index contributed by atoms with van der Waals surface area (Å²) < 4.78 is 7.09. The van der Waals surface area contributed by atoms with Gasteiger partial charge >= 0.3 is 0 Å². The zero-order valence-corrected chi connectivity index (χ0v) is 8.66. The lowest BCUT2D eigenvalue weighted by Crippen LogP contribution is -2.28. The summed E-state index contributed by atoms with van der Waals surface area (Å²) in [6, 6.07) is 0. The van der Waals surface area contributed by atoms with Gasteiger partial charge in [0.25, 0.3) is 0 Å². The van der Waals surface area contributed by atoms with E-state index in [9.17, 15) is 0 Å². The van der Waals surface area contributed by atoms with Crippen molar-refractivity contribution in [3.63, 3.8) is 0 Å². The van der Waals surface area contributed by atoms with Crippen LogP contribution in [0.15, 0.2) is 16.9 Å². The van der Waals surface area contributed by atoms with Gasteiger partial charge in [-0.2, -0.15) is 5.10 Å². The van der Waals surface area contributed by atoms with Crippen LogP contribution in [0.4, 0.5) is 0 Å². The van der Waals surface area contributed by atoms with Gasteiger partial charge in [0.05, 0.1) is 23.5 Å². The van der Waals surface area contributed by atoms with Crippen molar-refractivity contribution in [2.75, 3.05) is 6.54 Å². The summed E-state index contributed by atoms with van der Waals surface area (Å²) in [5, 5.41) is 8.25.